The van der Waals surface area contributed by atoms with E-state index in [2.05, 4.69) is 15.0 Å². The fourth-order valence-electron chi connectivity index (χ4n) is 3.68. The molecule has 10 heteroatoms. The molecule has 0 amide bonds. The summed E-state index contributed by atoms with van der Waals surface area (Å²) in [7, 11) is 3.25. The molecular formula is C21H19ClN4O4S. The largest absolute Gasteiger partial charge is 0.495 e. The molecule has 1 aliphatic heterocycles. The van der Waals surface area contributed by atoms with Gasteiger partial charge in [0.25, 0.3) is 0 Å². The Bertz CT molecular complexity index is 1230. The monoisotopic (exact) mass is 458 g/mol. The van der Waals surface area contributed by atoms with Gasteiger partial charge >= 0.3 is 0 Å². The topological polar surface area (TPSA) is 83.6 Å². The molecule has 8 nitrogen and oxygen atoms in total. The first-order valence-electron chi connectivity index (χ1n) is 9.56. The van der Waals surface area contributed by atoms with Crippen LogP contribution in [-0.4, -0.2) is 35.8 Å². The molecule has 2 aromatic heterocycles. The first-order valence-corrected chi connectivity index (χ1v) is 10.8. The third-order valence-electron chi connectivity index (χ3n) is 5.08. The van der Waals surface area contributed by atoms with Crippen molar-refractivity contribution in [1.82, 2.24) is 14.9 Å². The highest BCUT2D eigenvalue weighted by molar-refractivity contribution is 8.00. The lowest BCUT2D eigenvalue weighted by Gasteiger charge is -2.12. The molecule has 0 bridgehead atoms. The number of methoxy groups -OCH3 is 2. The van der Waals surface area contributed by atoms with Gasteiger partial charge in [0.2, 0.25) is 0 Å². The molecule has 2 aromatic carbocycles. The maximum atomic E-state index is 6.01. The molecule has 1 N–H and O–H groups in total. The summed E-state index contributed by atoms with van der Waals surface area (Å²) in [6, 6.07) is 7.62. The van der Waals surface area contributed by atoms with Crippen LogP contribution in [0.4, 0.5) is 5.82 Å². The minimum absolute atomic E-state index is 0.574. The number of anilines is 1. The van der Waals surface area contributed by atoms with E-state index in [4.69, 9.17) is 30.3 Å². The van der Waals surface area contributed by atoms with Crippen LogP contribution in [0, 0.1) is 0 Å². The van der Waals surface area contributed by atoms with Gasteiger partial charge in [-0.25, -0.2) is 0 Å². The van der Waals surface area contributed by atoms with Crippen LogP contribution in [0.3, 0.4) is 0 Å². The Hall–Kier alpha value is -3.04. The number of benzene rings is 2. The van der Waals surface area contributed by atoms with Crippen molar-refractivity contribution in [3.05, 3.63) is 52.8 Å². The summed E-state index contributed by atoms with van der Waals surface area (Å²) in [5, 5.41) is 9.93. The second-order valence-corrected chi connectivity index (χ2v) is 8.15. The number of ether oxygens (including phenoxy) is 3. The van der Waals surface area contributed by atoms with Crippen molar-refractivity contribution in [2.45, 2.75) is 17.9 Å². The summed E-state index contributed by atoms with van der Waals surface area (Å²) in [6.07, 6.45) is 4.23. The van der Waals surface area contributed by atoms with E-state index in [0.717, 1.165) is 33.6 Å². The van der Waals surface area contributed by atoms with Crippen molar-refractivity contribution in [3.63, 3.8) is 0 Å². The predicted molar refractivity (Wildman–Crippen MR) is 119 cm³/mol. The number of aromatic nitrogens is 3. The predicted octanol–water partition coefficient (Wildman–Crippen LogP) is 4.80. The molecule has 31 heavy (non-hydrogen) atoms. The Morgan fingerprint density at radius 2 is 2.06 bits per heavy atom. The van der Waals surface area contributed by atoms with Crippen molar-refractivity contribution in [2.75, 3.05) is 25.5 Å². The number of fused-ring (bicyclic) bond motifs is 3. The first kappa shape index (κ1) is 19.9. The molecule has 0 fully saturated rings. The number of nitrogens with one attached hydrogen (secondary N) is 1. The first-order chi connectivity index (χ1) is 15.2. The molecule has 0 spiro atoms. The summed E-state index contributed by atoms with van der Waals surface area (Å²) >= 11 is 7.35. The minimum atomic E-state index is 0.574. The van der Waals surface area contributed by atoms with E-state index >= 15 is 0 Å². The second-order valence-electron chi connectivity index (χ2n) is 6.90. The lowest BCUT2D eigenvalue weighted by Crippen LogP contribution is -2.02. The standard InChI is InChI=1S/C21H19ClN4O4S/c1-27-15-4-3-5-16(28-2)20(15)31-25-21-18-17(30-24-21)8-12(14-6-7-29-19(14)18)10-26-11-13(22)9-23-26/h3-5,8-9,11H,6-7,10H2,1-2H3,(H,24,25). The highest BCUT2D eigenvalue weighted by Gasteiger charge is 2.26. The van der Waals surface area contributed by atoms with Crippen molar-refractivity contribution in [1.29, 1.82) is 0 Å². The zero-order valence-corrected chi connectivity index (χ0v) is 18.4. The number of rotatable bonds is 7. The summed E-state index contributed by atoms with van der Waals surface area (Å²) in [4.78, 5) is 0.813. The Labute approximate surface area is 187 Å². The number of halogens is 1. The molecule has 0 aliphatic carbocycles. The van der Waals surface area contributed by atoms with Crippen LogP contribution in [0.25, 0.3) is 11.0 Å². The van der Waals surface area contributed by atoms with E-state index in [1.165, 1.54) is 11.9 Å². The van der Waals surface area contributed by atoms with Gasteiger partial charge in [-0.15, -0.1) is 0 Å². The van der Waals surface area contributed by atoms with E-state index in [1.807, 2.05) is 24.3 Å². The number of hydrogen-bond donors (Lipinski definition) is 1. The SMILES string of the molecule is COc1cccc(OC)c1SNc1noc2cc(Cn3cc(Cl)cn3)c3c(c12)OCC3. The third-order valence-corrected chi connectivity index (χ3v) is 6.17. The van der Waals surface area contributed by atoms with E-state index in [0.29, 0.717) is 41.1 Å². The minimum Gasteiger partial charge on any atom is -0.495 e. The molecule has 3 heterocycles. The number of hydrogen-bond acceptors (Lipinski definition) is 8. The van der Waals surface area contributed by atoms with Gasteiger partial charge < -0.3 is 23.5 Å². The summed E-state index contributed by atoms with van der Waals surface area (Å²) in [5.74, 6) is 2.78. The molecule has 5 rings (SSSR count). The van der Waals surface area contributed by atoms with Crippen LogP contribution in [0.2, 0.25) is 5.02 Å². The van der Waals surface area contributed by atoms with E-state index < -0.39 is 0 Å². The molecular weight excluding hydrogens is 440 g/mol. The van der Waals surface area contributed by atoms with Crippen molar-refractivity contribution in [2.24, 2.45) is 0 Å². The summed E-state index contributed by atoms with van der Waals surface area (Å²) < 4.78 is 27.6. The van der Waals surface area contributed by atoms with Gasteiger partial charge in [0.1, 0.15) is 27.5 Å². The van der Waals surface area contributed by atoms with Crippen molar-refractivity contribution in [3.8, 4) is 17.2 Å². The fourth-order valence-corrected chi connectivity index (χ4v) is 4.68. The van der Waals surface area contributed by atoms with Crippen LogP contribution >= 0.6 is 23.5 Å². The third kappa shape index (κ3) is 3.64. The Balaban J connectivity index is 1.49. The average molecular weight is 459 g/mol. The normalized spacial score (nSPS) is 12.6. The molecule has 4 aromatic rings. The van der Waals surface area contributed by atoms with Crippen molar-refractivity contribution < 1.29 is 18.7 Å². The molecule has 0 atom stereocenters. The Morgan fingerprint density at radius 3 is 2.77 bits per heavy atom. The van der Waals surface area contributed by atoms with Gasteiger partial charge in [-0.2, -0.15) is 5.10 Å². The van der Waals surface area contributed by atoms with Crippen molar-refractivity contribution >= 4 is 40.3 Å². The smallest absolute Gasteiger partial charge is 0.191 e. The van der Waals surface area contributed by atoms with Crippen LogP contribution < -0.4 is 18.9 Å². The van der Waals surface area contributed by atoms with Gasteiger partial charge in [-0.1, -0.05) is 22.8 Å². The maximum absolute atomic E-state index is 6.01. The molecule has 0 radical (unpaired) electrons. The van der Waals surface area contributed by atoms with Gasteiger partial charge in [-0.3, -0.25) is 4.68 Å². The number of nitrogens with zero attached hydrogens (tertiary/aromatic N) is 3. The lowest BCUT2D eigenvalue weighted by molar-refractivity contribution is 0.360. The maximum Gasteiger partial charge on any atom is 0.191 e. The van der Waals surface area contributed by atoms with Crippen LogP contribution in [-0.2, 0) is 13.0 Å². The average Bonchev–Trinajstić information content (AvgIpc) is 3.51. The zero-order valence-electron chi connectivity index (χ0n) is 16.8. The van der Waals surface area contributed by atoms with E-state index in [-0.39, 0.29) is 0 Å². The zero-order chi connectivity index (χ0) is 21.4. The highest BCUT2D eigenvalue weighted by atomic mass is 35.5. The lowest BCUT2D eigenvalue weighted by atomic mass is 10.0. The fraction of sp³-hybridized carbons (Fsp3) is 0.238. The van der Waals surface area contributed by atoms with E-state index in [9.17, 15) is 0 Å². The van der Waals surface area contributed by atoms with Gasteiger partial charge in [-0.05, 0) is 35.7 Å². The Kier molecular flexibility index (Phi) is 5.29. The quantitative estimate of drug-likeness (QED) is 0.395. The summed E-state index contributed by atoms with van der Waals surface area (Å²) in [6.45, 7) is 1.18. The van der Waals surface area contributed by atoms with Crippen LogP contribution in [0.1, 0.15) is 11.1 Å². The second kappa shape index (κ2) is 8.24. The van der Waals surface area contributed by atoms with E-state index in [1.54, 1.807) is 31.3 Å². The molecule has 160 valence electrons. The highest BCUT2D eigenvalue weighted by Crippen LogP contribution is 2.43. The molecule has 0 unspecified atom stereocenters. The Morgan fingerprint density at radius 1 is 1.26 bits per heavy atom. The molecule has 0 saturated heterocycles. The van der Waals surface area contributed by atoms with Crippen LogP contribution in [0.5, 0.6) is 17.2 Å². The van der Waals surface area contributed by atoms with Gasteiger partial charge in [0.05, 0.1) is 38.6 Å². The molecule has 1 aliphatic rings. The van der Waals surface area contributed by atoms with Gasteiger partial charge in [0, 0.05) is 18.2 Å². The van der Waals surface area contributed by atoms with Crippen LogP contribution in [0.15, 0.2) is 46.1 Å². The molecule has 0 saturated carbocycles. The summed E-state index contributed by atoms with van der Waals surface area (Å²) in [5.41, 5.74) is 2.84. The van der Waals surface area contributed by atoms with Gasteiger partial charge in [0.15, 0.2) is 11.4 Å².